The Balaban J connectivity index is 1.99. The lowest BCUT2D eigenvalue weighted by Crippen LogP contribution is -2.58. The van der Waals surface area contributed by atoms with Crippen LogP contribution in [0.25, 0.3) is 0 Å². The van der Waals surface area contributed by atoms with Crippen LogP contribution >= 0.6 is 21.6 Å². The van der Waals surface area contributed by atoms with Crippen molar-refractivity contribution in [3.63, 3.8) is 0 Å². The lowest BCUT2D eigenvalue weighted by molar-refractivity contribution is -0.151. The number of aryl methyl sites for hydroxylation is 1. The molecule has 1 fully saturated rings. The maximum Gasteiger partial charge on any atom is 0.309 e. The predicted molar refractivity (Wildman–Crippen MR) is 149 cm³/mol. The van der Waals surface area contributed by atoms with E-state index in [-0.39, 0.29) is 25.2 Å². The van der Waals surface area contributed by atoms with Gasteiger partial charge in [0.1, 0.15) is 18.2 Å². The average Bonchev–Trinajstić information content (AvgIpc) is 2.84. The standard InChI is InChI=1S/C27H37N3O6S2/c1-16(2)25-22(31)14-24(33)36-19-9-4-5-10-37-38-15-21(27(35)30-25)29-26(34)20(28-23(32)13-19)12-18-8-6-7-17(3)11-18/h4,6-9,11,16,19-22,25,31H,5,10,12-15H2,1-3H3,(H,28,32)(H,29,34)(H,30,35)/b9-4+/t19-,20-,21-,22+,25-/m1/s1. The van der Waals surface area contributed by atoms with E-state index in [2.05, 4.69) is 16.0 Å². The Morgan fingerprint density at radius 2 is 1.84 bits per heavy atom. The Kier molecular flexibility index (Phi) is 11.5. The molecule has 2 aliphatic heterocycles. The molecule has 0 aromatic heterocycles. The highest BCUT2D eigenvalue weighted by atomic mass is 33.1. The third kappa shape index (κ3) is 9.36. The van der Waals surface area contributed by atoms with E-state index in [1.54, 1.807) is 16.9 Å². The molecule has 2 bridgehead atoms. The number of nitrogens with one attached hydrogen (secondary N) is 3. The number of hydrogen-bond donors (Lipinski definition) is 4. The molecular formula is C27H37N3O6S2. The predicted octanol–water partition coefficient (Wildman–Crippen LogP) is 2.06. The summed E-state index contributed by atoms with van der Waals surface area (Å²) in [5, 5.41) is 19.3. The quantitative estimate of drug-likeness (QED) is 0.250. The van der Waals surface area contributed by atoms with Crippen LogP contribution in [0.1, 0.15) is 44.2 Å². The fourth-order valence-electron chi connectivity index (χ4n) is 4.35. The lowest BCUT2D eigenvalue weighted by Gasteiger charge is -2.29. The van der Waals surface area contributed by atoms with Crippen LogP contribution < -0.4 is 16.0 Å². The van der Waals surface area contributed by atoms with Crippen LogP contribution in [0.4, 0.5) is 0 Å². The fourth-order valence-corrected chi connectivity index (χ4v) is 6.51. The first kappa shape index (κ1) is 30.0. The number of benzene rings is 1. The van der Waals surface area contributed by atoms with Gasteiger partial charge in [0.05, 0.1) is 25.0 Å². The topological polar surface area (TPSA) is 134 Å². The van der Waals surface area contributed by atoms with Gasteiger partial charge in [0.15, 0.2) is 0 Å². The first-order chi connectivity index (χ1) is 18.1. The molecule has 2 heterocycles. The highest BCUT2D eigenvalue weighted by molar-refractivity contribution is 8.76. The minimum Gasteiger partial charge on any atom is -0.457 e. The van der Waals surface area contributed by atoms with E-state index in [1.165, 1.54) is 10.8 Å². The molecule has 3 amide bonds. The minimum absolute atomic E-state index is 0.175. The molecule has 1 aromatic rings. The Bertz CT molecular complexity index is 1030. The molecular weight excluding hydrogens is 526 g/mol. The number of rotatable bonds is 3. The SMILES string of the molecule is Cc1cccc(C[C@H]2NC(=O)C[C@H]3/C=C/CCSSC[C@@H](NC2=O)C(=O)N[C@H](C(C)C)[C@@H](O)CC(=O)O3)c1. The van der Waals surface area contributed by atoms with Crippen LogP contribution in [0.15, 0.2) is 36.4 Å². The van der Waals surface area contributed by atoms with Gasteiger partial charge in [-0.25, -0.2) is 0 Å². The van der Waals surface area contributed by atoms with E-state index in [0.717, 1.165) is 16.9 Å². The van der Waals surface area contributed by atoms with Crippen molar-refractivity contribution in [1.82, 2.24) is 16.0 Å². The highest BCUT2D eigenvalue weighted by Crippen LogP contribution is 2.24. The number of allylic oxidation sites excluding steroid dienone is 1. The molecule has 0 aliphatic carbocycles. The number of amides is 3. The summed E-state index contributed by atoms with van der Waals surface area (Å²) in [5.41, 5.74) is 1.88. The van der Waals surface area contributed by atoms with E-state index in [9.17, 15) is 24.3 Å². The summed E-state index contributed by atoms with van der Waals surface area (Å²) < 4.78 is 5.56. The van der Waals surface area contributed by atoms with Crippen LogP contribution in [-0.4, -0.2) is 70.6 Å². The van der Waals surface area contributed by atoms with Crippen LogP contribution in [0, 0.1) is 12.8 Å². The molecule has 0 unspecified atom stereocenters. The summed E-state index contributed by atoms with van der Waals surface area (Å²) in [6.45, 7) is 5.60. The number of carbonyl (C=O) groups excluding carboxylic acids is 4. The van der Waals surface area contributed by atoms with Gasteiger partial charge in [-0.15, -0.1) is 0 Å². The third-order valence-electron chi connectivity index (χ3n) is 6.33. The molecule has 0 saturated carbocycles. The van der Waals surface area contributed by atoms with Gasteiger partial charge in [-0.05, 0) is 30.9 Å². The van der Waals surface area contributed by atoms with E-state index in [4.69, 9.17) is 4.74 Å². The molecule has 1 aromatic carbocycles. The van der Waals surface area contributed by atoms with Crippen LogP contribution in [0.5, 0.6) is 0 Å². The van der Waals surface area contributed by atoms with Gasteiger partial charge < -0.3 is 25.8 Å². The number of ether oxygens (including phenoxy) is 1. The molecule has 3 rings (SSSR count). The maximum atomic E-state index is 13.5. The smallest absolute Gasteiger partial charge is 0.309 e. The lowest BCUT2D eigenvalue weighted by atomic mass is 9.96. The summed E-state index contributed by atoms with van der Waals surface area (Å²) in [4.78, 5) is 52.6. The van der Waals surface area contributed by atoms with Gasteiger partial charge in [0, 0.05) is 17.9 Å². The largest absolute Gasteiger partial charge is 0.457 e. The van der Waals surface area contributed by atoms with Gasteiger partial charge in [-0.2, -0.15) is 0 Å². The highest BCUT2D eigenvalue weighted by Gasteiger charge is 2.33. The molecule has 9 nitrogen and oxygen atoms in total. The summed E-state index contributed by atoms with van der Waals surface area (Å²) in [7, 11) is 3.03. The van der Waals surface area contributed by atoms with Crippen molar-refractivity contribution >= 4 is 45.3 Å². The molecule has 5 atom stereocenters. The summed E-state index contributed by atoms with van der Waals surface area (Å²) >= 11 is 0. The van der Waals surface area contributed by atoms with Crippen LogP contribution in [0.2, 0.25) is 0 Å². The molecule has 208 valence electrons. The average molecular weight is 564 g/mol. The normalized spacial score (nSPS) is 29.1. The van der Waals surface area contributed by atoms with Crippen molar-refractivity contribution in [2.75, 3.05) is 11.5 Å². The summed E-state index contributed by atoms with van der Waals surface area (Å²) in [6, 6.07) is 5.06. The monoisotopic (exact) mass is 563 g/mol. The number of aliphatic hydroxyl groups excluding tert-OH is 1. The van der Waals surface area contributed by atoms with Gasteiger partial charge in [0.25, 0.3) is 0 Å². The molecule has 0 spiro atoms. The zero-order valence-corrected chi connectivity index (χ0v) is 23.6. The number of aliphatic hydroxyl groups is 1. The van der Waals surface area contributed by atoms with Crippen LogP contribution in [0.3, 0.4) is 0 Å². The first-order valence-corrected chi connectivity index (χ1v) is 15.4. The molecule has 38 heavy (non-hydrogen) atoms. The van der Waals surface area contributed by atoms with E-state index < -0.39 is 54.0 Å². The van der Waals surface area contributed by atoms with Crippen molar-refractivity contribution in [2.24, 2.45) is 5.92 Å². The van der Waals surface area contributed by atoms with Crippen molar-refractivity contribution in [3.8, 4) is 0 Å². The van der Waals surface area contributed by atoms with Crippen molar-refractivity contribution < 1.29 is 29.0 Å². The maximum absolute atomic E-state index is 13.5. The molecule has 2 aliphatic rings. The Labute approximate surface area is 231 Å². The second kappa shape index (κ2) is 14.6. The molecule has 11 heteroatoms. The van der Waals surface area contributed by atoms with E-state index in [0.29, 0.717) is 12.2 Å². The fraction of sp³-hybridized carbons (Fsp3) is 0.556. The van der Waals surface area contributed by atoms with Crippen molar-refractivity contribution in [1.29, 1.82) is 0 Å². The van der Waals surface area contributed by atoms with Gasteiger partial charge in [-0.3, -0.25) is 19.2 Å². The molecule has 0 radical (unpaired) electrons. The van der Waals surface area contributed by atoms with Gasteiger partial charge in [0.2, 0.25) is 17.7 Å². The van der Waals surface area contributed by atoms with Crippen molar-refractivity contribution in [3.05, 3.63) is 47.5 Å². The van der Waals surface area contributed by atoms with Crippen molar-refractivity contribution in [2.45, 2.75) is 76.8 Å². The van der Waals surface area contributed by atoms with Crippen LogP contribution in [-0.2, 0) is 30.3 Å². The second-order valence-electron chi connectivity index (χ2n) is 9.98. The van der Waals surface area contributed by atoms with Gasteiger partial charge >= 0.3 is 5.97 Å². The van der Waals surface area contributed by atoms with Gasteiger partial charge in [-0.1, -0.05) is 71.3 Å². The molecule has 4 N–H and O–H groups in total. The number of fused-ring (bicyclic) bond motifs is 7. The zero-order valence-electron chi connectivity index (χ0n) is 22.0. The summed E-state index contributed by atoms with van der Waals surface area (Å²) in [6.07, 6.45) is 1.86. The Morgan fingerprint density at radius 1 is 1.05 bits per heavy atom. The summed E-state index contributed by atoms with van der Waals surface area (Å²) in [5.74, 6) is -1.24. The zero-order chi connectivity index (χ0) is 27.7. The van der Waals surface area contributed by atoms with E-state index >= 15 is 0 Å². The second-order valence-corrected chi connectivity index (χ2v) is 12.6. The Hall–Kier alpha value is -2.50. The van der Waals surface area contributed by atoms with E-state index in [1.807, 2.05) is 51.1 Å². The Morgan fingerprint density at radius 3 is 2.58 bits per heavy atom. The number of esters is 1. The number of hydrogen-bond acceptors (Lipinski definition) is 8. The third-order valence-corrected chi connectivity index (χ3v) is 8.78. The number of carbonyl (C=O) groups is 4. The molecule has 1 saturated heterocycles. The first-order valence-electron chi connectivity index (χ1n) is 12.9. The minimum atomic E-state index is -1.20.